The number of aromatic nitrogens is 2. The standard InChI is InChI=1S/C39H27N3/c1-2-14-27(15-3-1)41-35-22-9-7-18-32(35)38-36(41)25-24-31-30-17-6-8-21-34(30)42(39(31)38)37-23-11-20-33(40-37)29-19-10-13-26-12-4-5-16-28(26)29/h1-25,30,34H. The molecule has 9 rings (SSSR count). The van der Waals surface area contributed by atoms with Gasteiger partial charge in [0.1, 0.15) is 5.82 Å². The smallest absolute Gasteiger partial charge is 0.134 e. The van der Waals surface area contributed by atoms with E-state index in [0.29, 0.717) is 0 Å². The van der Waals surface area contributed by atoms with E-state index < -0.39 is 0 Å². The zero-order valence-electron chi connectivity index (χ0n) is 22.9. The zero-order chi connectivity index (χ0) is 27.6. The third-order valence-electron chi connectivity index (χ3n) is 8.91. The molecule has 5 aromatic carbocycles. The molecule has 1 aliphatic heterocycles. The van der Waals surface area contributed by atoms with E-state index in [4.69, 9.17) is 4.98 Å². The van der Waals surface area contributed by atoms with E-state index in [9.17, 15) is 0 Å². The number of para-hydroxylation sites is 2. The molecule has 3 nitrogen and oxygen atoms in total. The molecule has 0 spiro atoms. The Hall–Kier alpha value is -5.41. The summed E-state index contributed by atoms with van der Waals surface area (Å²) in [5, 5.41) is 4.98. The van der Waals surface area contributed by atoms with Gasteiger partial charge in [-0.1, -0.05) is 115 Å². The van der Waals surface area contributed by atoms with Gasteiger partial charge in [0.2, 0.25) is 0 Å². The van der Waals surface area contributed by atoms with E-state index in [1.165, 1.54) is 49.5 Å². The van der Waals surface area contributed by atoms with Crippen LogP contribution in [0.4, 0.5) is 11.5 Å². The second-order valence-corrected chi connectivity index (χ2v) is 11.1. The minimum Gasteiger partial charge on any atom is -0.318 e. The number of hydrogen-bond acceptors (Lipinski definition) is 2. The zero-order valence-corrected chi connectivity index (χ0v) is 22.9. The lowest BCUT2D eigenvalue weighted by molar-refractivity contribution is 0.739. The van der Waals surface area contributed by atoms with Crippen LogP contribution >= 0.6 is 0 Å². The minimum atomic E-state index is 0.157. The summed E-state index contributed by atoms with van der Waals surface area (Å²) in [4.78, 5) is 7.86. The fraction of sp³-hybridized carbons (Fsp3) is 0.0513. The molecular weight excluding hydrogens is 510 g/mol. The van der Waals surface area contributed by atoms with E-state index in [1.807, 2.05) is 0 Å². The fourth-order valence-electron chi connectivity index (χ4n) is 7.14. The van der Waals surface area contributed by atoms with Crippen molar-refractivity contribution in [2.45, 2.75) is 12.0 Å². The van der Waals surface area contributed by atoms with E-state index in [0.717, 1.165) is 17.1 Å². The Labute approximate surface area is 244 Å². The molecule has 0 radical (unpaired) electrons. The van der Waals surface area contributed by atoms with Gasteiger partial charge in [-0.25, -0.2) is 4.98 Å². The van der Waals surface area contributed by atoms with Crippen LogP contribution in [0.2, 0.25) is 0 Å². The molecule has 0 bridgehead atoms. The molecule has 0 saturated carbocycles. The van der Waals surface area contributed by atoms with E-state index in [1.54, 1.807) is 0 Å². The highest BCUT2D eigenvalue weighted by atomic mass is 15.2. The van der Waals surface area contributed by atoms with Gasteiger partial charge in [0.05, 0.1) is 28.5 Å². The molecule has 198 valence electrons. The maximum atomic E-state index is 5.38. The predicted octanol–water partition coefficient (Wildman–Crippen LogP) is 9.73. The number of allylic oxidation sites excluding steroid dienone is 2. The molecule has 0 N–H and O–H groups in total. The number of anilines is 2. The molecule has 3 heterocycles. The quantitative estimate of drug-likeness (QED) is 0.224. The second-order valence-electron chi connectivity index (χ2n) is 11.1. The Morgan fingerprint density at radius 2 is 1.33 bits per heavy atom. The van der Waals surface area contributed by atoms with Gasteiger partial charge in [0.25, 0.3) is 0 Å². The normalized spacial score (nSPS) is 17.3. The van der Waals surface area contributed by atoms with Gasteiger partial charge >= 0.3 is 0 Å². The number of fused-ring (bicyclic) bond motifs is 8. The van der Waals surface area contributed by atoms with Gasteiger partial charge in [0.15, 0.2) is 0 Å². The Kier molecular flexibility index (Phi) is 5.02. The first-order valence-corrected chi connectivity index (χ1v) is 14.6. The summed E-state index contributed by atoms with van der Waals surface area (Å²) < 4.78 is 2.40. The third kappa shape index (κ3) is 3.31. The van der Waals surface area contributed by atoms with Crippen LogP contribution in [-0.2, 0) is 0 Å². The molecule has 3 heteroatoms. The Balaban J connectivity index is 1.32. The largest absolute Gasteiger partial charge is 0.318 e. The van der Waals surface area contributed by atoms with Crippen molar-refractivity contribution in [3.63, 3.8) is 0 Å². The van der Waals surface area contributed by atoms with Crippen molar-refractivity contribution in [1.82, 2.24) is 9.55 Å². The van der Waals surface area contributed by atoms with Crippen molar-refractivity contribution < 1.29 is 0 Å². The van der Waals surface area contributed by atoms with Gasteiger partial charge < -0.3 is 9.47 Å². The molecular formula is C39H27N3. The van der Waals surface area contributed by atoms with E-state index >= 15 is 0 Å². The molecule has 1 aliphatic carbocycles. The molecule has 2 aliphatic rings. The van der Waals surface area contributed by atoms with Gasteiger partial charge in [-0.2, -0.15) is 0 Å². The highest BCUT2D eigenvalue weighted by molar-refractivity contribution is 6.17. The van der Waals surface area contributed by atoms with Crippen molar-refractivity contribution in [1.29, 1.82) is 0 Å². The van der Waals surface area contributed by atoms with Gasteiger partial charge in [0, 0.05) is 27.9 Å². The summed E-state index contributed by atoms with van der Waals surface area (Å²) in [5.74, 6) is 1.23. The molecule has 0 fully saturated rings. The van der Waals surface area contributed by atoms with Crippen molar-refractivity contribution in [3.8, 4) is 16.9 Å². The topological polar surface area (TPSA) is 21.1 Å². The average Bonchev–Trinajstić information content (AvgIpc) is 3.58. The fourth-order valence-corrected chi connectivity index (χ4v) is 7.14. The first-order valence-electron chi connectivity index (χ1n) is 14.6. The first kappa shape index (κ1) is 23.3. The molecule has 7 aromatic rings. The summed E-state index contributed by atoms with van der Waals surface area (Å²) in [6, 6.07) is 45.8. The Morgan fingerprint density at radius 3 is 2.26 bits per heavy atom. The van der Waals surface area contributed by atoms with Crippen molar-refractivity contribution in [3.05, 3.63) is 157 Å². The van der Waals surface area contributed by atoms with Crippen LogP contribution < -0.4 is 4.90 Å². The summed E-state index contributed by atoms with van der Waals surface area (Å²) in [6.45, 7) is 0. The van der Waals surface area contributed by atoms with E-state index in [2.05, 4.69) is 161 Å². The third-order valence-corrected chi connectivity index (χ3v) is 8.91. The number of pyridine rings is 1. The number of benzene rings is 5. The van der Waals surface area contributed by atoms with Gasteiger partial charge in [-0.05, 0) is 52.7 Å². The summed E-state index contributed by atoms with van der Waals surface area (Å²) in [7, 11) is 0. The average molecular weight is 538 g/mol. The lowest BCUT2D eigenvalue weighted by Crippen LogP contribution is -2.29. The maximum absolute atomic E-state index is 5.38. The van der Waals surface area contributed by atoms with Crippen LogP contribution in [0, 0.1) is 0 Å². The van der Waals surface area contributed by atoms with Crippen LogP contribution in [0.15, 0.2) is 152 Å². The lowest BCUT2D eigenvalue weighted by Gasteiger charge is -2.28. The molecule has 42 heavy (non-hydrogen) atoms. The molecule has 2 atom stereocenters. The van der Waals surface area contributed by atoms with Gasteiger partial charge in [-0.3, -0.25) is 0 Å². The van der Waals surface area contributed by atoms with Crippen LogP contribution in [0.1, 0.15) is 11.5 Å². The number of nitrogens with zero attached hydrogens (tertiary/aromatic N) is 3. The molecule has 2 unspecified atom stereocenters. The van der Waals surface area contributed by atoms with Crippen molar-refractivity contribution in [2.24, 2.45) is 0 Å². The van der Waals surface area contributed by atoms with Crippen LogP contribution in [0.5, 0.6) is 0 Å². The second kappa shape index (κ2) is 9.05. The predicted molar refractivity (Wildman–Crippen MR) is 175 cm³/mol. The summed E-state index contributed by atoms with van der Waals surface area (Å²) in [6.07, 6.45) is 9.05. The van der Waals surface area contributed by atoms with Crippen LogP contribution in [-0.4, -0.2) is 15.6 Å². The first-order chi connectivity index (χ1) is 20.9. The molecule has 0 saturated heterocycles. The highest BCUT2D eigenvalue weighted by Gasteiger charge is 2.40. The van der Waals surface area contributed by atoms with Gasteiger partial charge in [-0.15, -0.1) is 0 Å². The number of hydrogen-bond donors (Lipinski definition) is 0. The molecule has 0 amide bonds. The monoisotopic (exact) mass is 537 g/mol. The van der Waals surface area contributed by atoms with Crippen molar-refractivity contribution >= 4 is 44.1 Å². The SMILES string of the molecule is C1=CC2c3ccc4c(c3N(c3cccc(-c5cccc6ccccc56)n3)C2C=C1)c1ccccc1n4-c1ccccc1. The summed E-state index contributed by atoms with van der Waals surface area (Å²) >= 11 is 0. The summed E-state index contributed by atoms with van der Waals surface area (Å²) in [5.41, 5.74) is 8.34. The van der Waals surface area contributed by atoms with E-state index in [-0.39, 0.29) is 12.0 Å². The minimum absolute atomic E-state index is 0.157. The van der Waals surface area contributed by atoms with Crippen LogP contribution in [0.25, 0.3) is 49.5 Å². The van der Waals surface area contributed by atoms with Crippen LogP contribution in [0.3, 0.4) is 0 Å². The molecule has 2 aromatic heterocycles. The number of rotatable bonds is 3. The Bertz CT molecular complexity index is 2220. The lowest BCUT2D eigenvalue weighted by atomic mass is 9.91. The highest BCUT2D eigenvalue weighted by Crippen LogP contribution is 2.52. The van der Waals surface area contributed by atoms with Crippen molar-refractivity contribution in [2.75, 3.05) is 4.90 Å². The maximum Gasteiger partial charge on any atom is 0.134 e. The Morgan fingerprint density at radius 1 is 0.571 bits per heavy atom.